The van der Waals surface area contributed by atoms with E-state index < -0.39 is 6.10 Å². The Morgan fingerprint density at radius 3 is 2.36 bits per heavy atom. The molecule has 0 aliphatic rings. The second-order valence-electron chi connectivity index (χ2n) is 2.23. The van der Waals surface area contributed by atoms with Crippen LogP contribution in [0.1, 0.15) is 13.8 Å². The molecule has 0 spiro atoms. The summed E-state index contributed by atoms with van der Waals surface area (Å²) in [7, 11) is 3.10. The van der Waals surface area contributed by atoms with Gasteiger partial charge in [0.1, 0.15) is 6.23 Å². The minimum absolute atomic E-state index is 0.135. The van der Waals surface area contributed by atoms with Gasteiger partial charge in [0.05, 0.1) is 7.11 Å². The van der Waals surface area contributed by atoms with Crippen molar-refractivity contribution in [3.63, 3.8) is 0 Å². The van der Waals surface area contributed by atoms with Crippen LogP contribution in [0.5, 0.6) is 0 Å². The van der Waals surface area contributed by atoms with E-state index in [9.17, 15) is 4.79 Å². The SMILES string of the molecule is CNC(C)OC(C)C(=O)OC. The minimum Gasteiger partial charge on any atom is -0.467 e. The zero-order valence-electron chi connectivity index (χ0n) is 7.38. The molecule has 0 aliphatic heterocycles. The van der Waals surface area contributed by atoms with Crippen LogP contribution in [0, 0.1) is 0 Å². The van der Waals surface area contributed by atoms with E-state index in [0.29, 0.717) is 0 Å². The van der Waals surface area contributed by atoms with Gasteiger partial charge >= 0.3 is 5.97 Å². The first-order chi connectivity index (χ1) is 5.11. The van der Waals surface area contributed by atoms with Gasteiger partial charge in [-0.3, -0.25) is 5.32 Å². The molecule has 2 unspecified atom stereocenters. The first kappa shape index (κ1) is 10.4. The summed E-state index contributed by atoms with van der Waals surface area (Å²) in [5.74, 6) is -0.355. The number of hydrogen-bond acceptors (Lipinski definition) is 4. The van der Waals surface area contributed by atoms with Crippen LogP contribution in [-0.4, -0.2) is 32.5 Å². The Morgan fingerprint density at radius 2 is 2.00 bits per heavy atom. The van der Waals surface area contributed by atoms with Crippen molar-refractivity contribution in [3.05, 3.63) is 0 Å². The molecule has 4 nitrogen and oxygen atoms in total. The van der Waals surface area contributed by atoms with Gasteiger partial charge < -0.3 is 9.47 Å². The van der Waals surface area contributed by atoms with Crippen molar-refractivity contribution >= 4 is 5.97 Å². The Hall–Kier alpha value is -0.610. The second-order valence-corrected chi connectivity index (χ2v) is 2.23. The first-order valence-electron chi connectivity index (χ1n) is 3.52. The summed E-state index contributed by atoms with van der Waals surface area (Å²) >= 11 is 0. The van der Waals surface area contributed by atoms with Gasteiger partial charge in [-0.1, -0.05) is 0 Å². The molecule has 66 valence electrons. The Kier molecular flexibility index (Phi) is 4.81. The zero-order chi connectivity index (χ0) is 8.85. The quantitative estimate of drug-likeness (QED) is 0.470. The highest BCUT2D eigenvalue weighted by Gasteiger charge is 2.15. The monoisotopic (exact) mass is 161 g/mol. The number of nitrogens with one attached hydrogen (secondary N) is 1. The highest BCUT2D eigenvalue weighted by Crippen LogP contribution is 1.96. The van der Waals surface area contributed by atoms with Crippen molar-refractivity contribution in [2.45, 2.75) is 26.2 Å². The smallest absolute Gasteiger partial charge is 0.334 e. The molecule has 0 heterocycles. The van der Waals surface area contributed by atoms with Gasteiger partial charge in [-0.15, -0.1) is 0 Å². The van der Waals surface area contributed by atoms with Crippen molar-refractivity contribution in [1.82, 2.24) is 5.32 Å². The summed E-state index contributed by atoms with van der Waals surface area (Å²) in [5.41, 5.74) is 0. The van der Waals surface area contributed by atoms with Crippen LogP contribution in [0.3, 0.4) is 0 Å². The highest BCUT2D eigenvalue weighted by atomic mass is 16.6. The van der Waals surface area contributed by atoms with Gasteiger partial charge in [-0.25, -0.2) is 4.79 Å². The Bertz CT molecular complexity index is 127. The Labute approximate surface area is 66.9 Å². The lowest BCUT2D eigenvalue weighted by molar-refractivity contribution is -0.156. The van der Waals surface area contributed by atoms with Crippen LogP contribution in [0.15, 0.2) is 0 Å². The zero-order valence-corrected chi connectivity index (χ0v) is 7.38. The molecule has 0 radical (unpaired) electrons. The van der Waals surface area contributed by atoms with Crippen molar-refractivity contribution in [1.29, 1.82) is 0 Å². The number of hydrogen-bond donors (Lipinski definition) is 1. The van der Waals surface area contributed by atoms with Gasteiger partial charge in [-0.05, 0) is 20.9 Å². The van der Waals surface area contributed by atoms with Gasteiger partial charge in [0.15, 0.2) is 6.10 Å². The lowest BCUT2D eigenvalue weighted by Crippen LogP contribution is -2.33. The minimum atomic E-state index is -0.512. The lowest BCUT2D eigenvalue weighted by atomic mass is 10.4. The highest BCUT2D eigenvalue weighted by molar-refractivity contribution is 5.73. The molecule has 0 rings (SSSR count). The first-order valence-corrected chi connectivity index (χ1v) is 3.52. The molecule has 0 aromatic heterocycles. The average Bonchev–Trinajstić information content (AvgIpc) is 2.02. The topological polar surface area (TPSA) is 47.6 Å². The van der Waals surface area contributed by atoms with E-state index in [0.717, 1.165) is 0 Å². The number of carbonyl (C=O) groups is 1. The summed E-state index contributed by atoms with van der Waals surface area (Å²) in [4.78, 5) is 10.8. The summed E-state index contributed by atoms with van der Waals surface area (Å²) in [5, 5.41) is 2.84. The molecular weight excluding hydrogens is 146 g/mol. The molecule has 2 atom stereocenters. The maximum absolute atomic E-state index is 10.8. The fourth-order valence-electron chi connectivity index (χ4n) is 0.596. The van der Waals surface area contributed by atoms with E-state index in [-0.39, 0.29) is 12.2 Å². The van der Waals surface area contributed by atoms with Crippen molar-refractivity contribution in [2.24, 2.45) is 0 Å². The molecule has 1 N–H and O–H groups in total. The summed E-state index contributed by atoms with van der Waals surface area (Å²) in [6, 6.07) is 0. The molecule has 0 aromatic rings. The van der Waals surface area contributed by atoms with E-state index >= 15 is 0 Å². The van der Waals surface area contributed by atoms with Crippen LogP contribution < -0.4 is 5.32 Å². The summed E-state index contributed by atoms with van der Waals surface area (Å²) < 4.78 is 9.63. The normalized spacial score (nSPS) is 15.6. The number of rotatable bonds is 4. The van der Waals surface area contributed by atoms with Crippen molar-refractivity contribution < 1.29 is 14.3 Å². The van der Waals surface area contributed by atoms with Gasteiger partial charge in [0.2, 0.25) is 0 Å². The molecular formula is C7H15NO3. The third-order valence-electron chi connectivity index (χ3n) is 1.35. The lowest BCUT2D eigenvalue weighted by Gasteiger charge is -2.16. The van der Waals surface area contributed by atoms with Gasteiger partial charge in [-0.2, -0.15) is 0 Å². The number of esters is 1. The third kappa shape index (κ3) is 3.95. The van der Waals surface area contributed by atoms with Gasteiger partial charge in [0.25, 0.3) is 0 Å². The average molecular weight is 161 g/mol. The second kappa shape index (κ2) is 5.09. The molecule has 0 fully saturated rings. The molecule has 0 amide bonds. The summed E-state index contributed by atoms with van der Waals surface area (Å²) in [6.45, 7) is 3.47. The maximum Gasteiger partial charge on any atom is 0.334 e. The van der Waals surface area contributed by atoms with E-state index in [1.54, 1.807) is 14.0 Å². The predicted molar refractivity (Wildman–Crippen MR) is 41.1 cm³/mol. The van der Waals surface area contributed by atoms with Crippen LogP contribution in [0.4, 0.5) is 0 Å². The Balaban J connectivity index is 3.67. The fourth-order valence-corrected chi connectivity index (χ4v) is 0.596. The molecule has 4 heteroatoms. The number of ether oxygens (including phenoxy) is 2. The molecule has 0 aromatic carbocycles. The largest absolute Gasteiger partial charge is 0.467 e. The summed E-state index contributed by atoms with van der Waals surface area (Å²) in [6.07, 6.45) is -0.647. The van der Waals surface area contributed by atoms with E-state index in [1.165, 1.54) is 7.11 Å². The molecule has 0 saturated heterocycles. The van der Waals surface area contributed by atoms with Crippen molar-refractivity contribution in [2.75, 3.05) is 14.2 Å². The standard InChI is InChI=1S/C7H15NO3/c1-5(7(9)10-4)11-6(2)8-3/h5-6,8H,1-4H3. The number of methoxy groups -OCH3 is 1. The predicted octanol–water partition coefficient (Wildman–Crippen LogP) is 0.130. The molecule has 11 heavy (non-hydrogen) atoms. The van der Waals surface area contributed by atoms with Crippen LogP contribution in [-0.2, 0) is 14.3 Å². The molecule has 0 saturated carbocycles. The third-order valence-corrected chi connectivity index (χ3v) is 1.35. The Morgan fingerprint density at radius 1 is 1.45 bits per heavy atom. The van der Waals surface area contributed by atoms with E-state index in [2.05, 4.69) is 10.1 Å². The van der Waals surface area contributed by atoms with Gasteiger partial charge in [0, 0.05) is 0 Å². The van der Waals surface area contributed by atoms with Crippen LogP contribution in [0.25, 0.3) is 0 Å². The van der Waals surface area contributed by atoms with Crippen LogP contribution >= 0.6 is 0 Å². The molecule has 0 aliphatic carbocycles. The van der Waals surface area contributed by atoms with Crippen molar-refractivity contribution in [3.8, 4) is 0 Å². The van der Waals surface area contributed by atoms with E-state index in [1.807, 2.05) is 6.92 Å². The molecule has 0 bridgehead atoms. The number of carbonyl (C=O) groups excluding carboxylic acids is 1. The fraction of sp³-hybridized carbons (Fsp3) is 0.857. The van der Waals surface area contributed by atoms with E-state index in [4.69, 9.17) is 4.74 Å². The maximum atomic E-state index is 10.8. The van der Waals surface area contributed by atoms with Crippen LogP contribution in [0.2, 0.25) is 0 Å².